The molecule has 0 fully saturated rings. The predicted molar refractivity (Wildman–Crippen MR) is 105 cm³/mol. The number of ether oxygens (including phenoxy) is 1. The smallest absolute Gasteiger partial charge is 0.290 e. The Hall–Kier alpha value is -3.12. The lowest BCUT2D eigenvalue weighted by atomic mass is 9.98. The van der Waals surface area contributed by atoms with E-state index in [4.69, 9.17) is 9.15 Å². The van der Waals surface area contributed by atoms with Gasteiger partial charge in [0.25, 0.3) is 5.91 Å². The lowest BCUT2D eigenvalue weighted by Gasteiger charge is -2.24. The molecule has 0 saturated carbocycles. The molecule has 28 heavy (non-hydrogen) atoms. The quantitative estimate of drug-likeness (QED) is 0.737. The average molecular weight is 379 g/mol. The van der Waals surface area contributed by atoms with Gasteiger partial charge in [-0.25, -0.2) is 0 Å². The largest absolute Gasteiger partial charge is 0.494 e. The number of nitrogens with zero attached hydrogens (tertiary/aromatic N) is 1. The van der Waals surface area contributed by atoms with E-state index < -0.39 is 11.9 Å². The second kappa shape index (κ2) is 7.13. The van der Waals surface area contributed by atoms with Gasteiger partial charge in [0.2, 0.25) is 5.76 Å². The molecule has 0 saturated heterocycles. The van der Waals surface area contributed by atoms with Crippen molar-refractivity contribution in [3.05, 3.63) is 75.1 Å². The Kier molecular flexibility index (Phi) is 4.65. The second-order valence-electron chi connectivity index (χ2n) is 6.80. The topological polar surface area (TPSA) is 80.0 Å². The van der Waals surface area contributed by atoms with E-state index >= 15 is 0 Å². The number of amides is 1. The van der Waals surface area contributed by atoms with Crippen molar-refractivity contribution in [2.45, 2.75) is 19.9 Å². The number of carbonyl (C=O) groups is 1. The molecule has 1 amide bonds. The molecule has 0 aliphatic carbocycles. The third-order valence-corrected chi connectivity index (χ3v) is 4.95. The van der Waals surface area contributed by atoms with Gasteiger partial charge in [0.05, 0.1) is 30.2 Å². The Balaban J connectivity index is 1.97. The number of fused-ring (bicyclic) bond motifs is 2. The van der Waals surface area contributed by atoms with Crippen LogP contribution in [0.25, 0.3) is 11.0 Å². The molecule has 1 aliphatic rings. The van der Waals surface area contributed by atoms with E-state index in [1.807, 2.05) is 44.2 Å². The number of benzene rings is 2. The highest BCUT2D eigenvalue weighted by Gasteiger charge is 2.42. The molecule has 2 aromatic carbocycles. The lowest BCUT2D eigenvalue weighted by Crippen LogP contribution is -2.32. The van der Waals surface area contributed by atoms with Crippen LogP contribution in [0.15, 0.2) is 51.7 Å². The Morgan fingerprint density at radius 3 is 2.75 bits per heavy atom. The van der Waals surface area contributed by atoms with E-state index in [0.717, 1.165) is 11.1 Å². The highest BCUT2D eigenvalue weighted by molar-refractivity contribution is 5.99. The third kappa shape index (κ3) is 2.86. The van der Waals surface area contributed by atoms with Crippen LogP contribution in [0.2, 0.25) is 0 Å². The van der Waals surface area contributed by atoms with Gasteiger partial charge in [-0.1, -0.05) is 23.8 Å². The Bertz CT molecular complexity index is 1120. The maximum atomic E-state index is 13.3. The lowest BCUT2D eigenvalue weighted by molar-refractivity contribution is 0.0691. The fourth-order valence-corrected chi connectivity index (χ4v) is 3.76. The van der Waals surface area contributed by atoms with Crippen LogP contribution in [-0.2, 0) is 0 Å². The van der Waals surface area contributed by atoms with E-state index in [0.29, 0.717) is 28.9 Å². The first-order valence-electron chi connectivity index (χ1n) is 9.27. The summed E-state index contributed by atoms with van der Waals surface area (Å²) in [6.07, 6.45) is 0. The van der Waals surface area contributed by atoms with Crippen molar-refractivity contribution in [2.24, 2.45) is 0 Å². The molecule has 0 spiro atoms. The first-order chi connectivity index (χ1) is 13.5. The van der Waals surface area contributed by atoms with Crippen LogP contribution in [0.3, 0.4) is 0 Å². The summed E-state index contributed by atoms with van der Waals surface area (Å²) in [6, 6.07) is 12.0. The molecule has 0 bridgehead atoms. The summed E-state index contributed by atoms with van der Waals surface area (Å²) >= 11 is 0. The molecule has 1 aliphatic heterocycles. The Morgan fingerprint density at radius 2 is 2.00 bits per heavy atom. The fourth-order valence-electron chi connectivity index (χ4n) is 3.76. The molecular formula is C22H21NO5. The summed E-state index contributed by atoms with van der Waals surface area (Å²) in [7, 11) is 0. The average Bonchev–Trinajstić information content (AvgIpc) is 2.96. The van der Waals surface area contributed by atoms with Gasteiger partial charge in [0.15, 0.2) is 5.43 Å². The van der Waals surface area contributed by atoms with E-state index in [1.165, 1.54) is 4.90 Å². The number of hydrogen-bond acceptors (Lipinski definition) is 5. The molecule has 4 rings (SSSR count). The normalized spacial score (nSPS) is 15.9. The molecule has 0 radical (unpaired) electrons. The van der Waals surface area contributed by atoms with Gasteiger partial charge < -0.3 is 19.2 Å². The number of aliphatic hydroxyl groups is 1. The summed E-state index contributed by atoms with van der Waals surface area (Å²) in [5, 5.41) is 9.94. The maximum Gasteiger partial charge on any atom is 0.290 e. The number of hydrogen-bond donors (Lipinski definition) is 1. The standard InChI is InChI=1S/C22H21NO5/c1-3-27-15-6-4-5-14(12-15)19-18-20(25)16-11-13(2)7-8-17(16)28-21(18)22(26)23(19)9-10-24/h4-8,11-12,19,24H,3,9-10H2,1-2H3/t19-/m1/s1. The zero-order chi connectivity index (χ0) is 19.8. The molecule has 1 N–H and O–H groups in total. The van der Waals surface area contributed by atoms with Gasteiger partial charge >= 0.3 is 0 Å². The van der Waals surface area contributed by atoms with Crippen molar-refractivity contribution in [1.82, 2.24) is 4.90 Å². The minimum absolute atomic E-state index is 0.0432. The van der Waals surface area contributed by atoms with Gasteiger partial charge in [-0.3, -0.25) is 9.59 Å². The summed E-state index contributed by atoms with van der Waals surface area (Å²) < 4.78 is 11.4. The van der Waals surface area contributed by atoms with Crippen LogP contribution in [0.1, 0.15) is 40.2 Å². The maximum absolute atomic E-state index is 13.3. The second-order valence-corrected chi connectivity index (χ2v) is 6.80. The fraction of sp³-hybridized carbons (Fsp3) is 0.273. The van der Waals surface area contributed by atoms with Crippen molar-refractivity contribution in [3.63, 3.8) is 0 Å². The molecular weight excluding hydrogens is 358 g/mol. The van der Waals surface area contributed by atoms with Crippen LogP contribution in [0.4, 0.5) is 0 Å². The number of aryl methyl sites for hydroxylation is 1. The third-order valence-electron chi connectivity index (χ3n) is 4.95. The van der Waals surface area contributed by atoms with Gasteiger partial charge in [0.1, 0.15) is 11.3 Å². The number of aliphatic hydroxyl groups excluding tert-OH is 1. The number of β-amino-alcohol motifs (C(OH)–C–C–N with tert-alkyl or cyclic N) is 1. The van der Waals surface area contributed by atoms with Gasteiger partial charge in [-0.05, 0) is 43.7 Å². The van der Waals surface area contributed by atoms with Crippen molar-refractivity contribution in [1.29, 1.82) is 0 Å². The summed E-state index contributed by atoms with van der Waals surface area (Å²) in [5.41, 5.74) is 2.15. The van der Waals surface area contributed by atoms with Gasteiger partial charge in [0, 0.05) is 6.54 Å². The van der Waals surface area contributed by atoms with Crippen molar-refractivity contribution in [2.75, 3.05) is 19.8 Å². The highest BCUT2D eigenvalue weighted by Crippen LogP contribution is 2.38. The molecule has 6 nitrogen and oxygen atoms in total. The van der Waals surface area contributed by atoms with Gasteiger partial charge in [-0.15, -0.1) is 0 Å². The first-order valence-corrected chi connectivity index (χ1v) is 9.27. The van der Waals surface area contributed by atoms with E-state index in [1.54, 1.807) is 12.1 Å². The molecule has 6 heteroatoms. The zero-order valence-corrected chi connectivity index (χ0v) is 15.8. The van der Waals surface area contributed by atoms with E-state index in [-0.39, 0.29) is 24.3 Å². The van der Waals surface area contributed by atoms with E-state index in [9.17, 15) is 14.7 Å². The number of rotatable bonds is 5. The van der Waals surface area contributed by atoms with Gasteiger partial charge in [-0.2, -0.15) is 0 Å². The molecule has 1 aromatic heterocycles. The highest BCUT2D eigenvalue weighted by atomic mass is 16.5. The van der Waals surface area contributed by atoms with Crippen molar-refractivity contribution in [3.8, 4) is 5.75 Å². The van der Waals surface area contributed by atoms with Crippen LogP contribution >= 0.6 is 0 Å². The molecule has 3 aromatic rings. The van der Waals surface area contributed by atoms with Crippen LogP contribution < -0.4 is 10.2 Å². The molecule has 0 unspecified atom stereocenters. The minimum atomic E-state index is -0.629. The van der Waals surface area contributed by atoms with Crippen LogP contribution in [-0.4, -0.2) is 35.7 Å². The summed E-state index contributed by atoms with van der Waals surface area (Å²) in [6.45, 7) is 4.19. The van der Waals surface area contributed by atoms with E-state index in [2.05, 4.69) is 0 Å². The van der Waals surface area contributed by atoms with Crippen LogP contribution in [0.5, 0.6) is 5.75 Å². The Labute approximate surface area is 162 Å². The molecule has 144 valence electrons. The Morgan fingerprint density at radius 1 is 1.18 bits per heavy atom. The SMILES string of the molecule is CCOc1cccc([C@@H]2c3c(oc4ccc(C)cc4c3=O)C(=O)N2CCO)c1. The predicted octanol–water partition coefficient (Wildman–Crippen LogP) is 3.04. The zero-order valence-electron chi connectivity index (χ0n) is 15.8. The number of carbonyl (C=O) groups excluding carboxylic acids is 1. The molecule has 2 heterocycles. The minimum Gasteiger partial charge on any atom is -0.494 e. The van der Waals surface area contributed by atoms with Crippen molar-refractivity contribution < 1.29 is 19.1 Å². The monoisotopic (exact) mass is 379 g/mol. The summed E-state index contributed by atoms with van der Waals surface area (Å²) in [4.78, 5) is 27.8. The molecule has 1 atom stereocenters. The first kappa shape index (κ1) is 18.3. The summed E-state index contributed by atoms with van der Waals surface area (Å²) in [5.74, 6) is 0.308. The van der Waals surface area contributed by atoms with Crippen molar-refractivity contribution >= 4 is 16.9 Å². The van der Waals surface area contributed by atoms with Crippen LogP contribution in [0, 0.1) is 6.92 Å².